The van der Waals surface area contributed by atoms with Crippen LogP contribution in [0.5, 0.6) is 0 Å². The normalized spacial score (nSPS) is 11.1. The van der Waals surface area contributed by atoms with Gasteiger partial charge < -0.3 is 5.41 Å². The van der Waals surface area contributed by atoms with E-state index >= 15 is 0 Å². The molecule has 0 spiro atoms. The zero-order valence-electron chi connectivity index (χ0n) is 14.3. The minimum atomic E-state index is 0.160. The summed E-state index contributed by atoms with van der Waals surface area (Å²) in [6.07, 6.45) is 3.49. The summed E-state index contributed by atoms with van der Waals surface area (Å²) in [6, 6.07) is 13.8. The minimum Gasteiger partial charge on any atom is -0.308 e. The van der Waals surface area contributed by atoms with Crippen LogP contribution in [0.25, 0.3) is 11.1 Å². The van der Waals surface area contributed by atoms with Crippen molar-refractivity contribution in [3.05, 3.63) is 47.5 Å². The molecule has 0 saturated heterocycles. The predicted molar refractivity (Wildman–Crippen MR) is 107 cm³/mol. The Morgan fingerprint density at radius 1 is 1.17 bits per heavy atom. The monoisotopic (exact) mass is 354 g/mol. The maximum atomic E-state index is 9.01. The van der Waals surface area contributed by atoms with Crippen molar-refractivity contribution in [2.75, 3.05) is 0 Å². The third-order valence-electron chi connectivity index (χ3n) is 4.48. The van der Waals surface area contributed by atoms with Crippen molar-refractivity contribution in [1.82, 2.24) is 0 Å². The van der Waals surface area contributed by atoms with Crippen LogP contribution in [-0.4, -0.2) is 11.0 Å². The molecular formula is C20H22N2S2. The van der Waals surface area contributed by atoms with Crippen molar-refractivity contribution < 1.29 is 0 Å². The molecule has 0 bridgehead atoms. The second-order valence-electron chi connectivity index (χ2n) is 5.97. The molecule has 4 heteroatoms. The number of nitriles is 1. The standard InChI is InChI=1S/C20H22N2S2/c1-4-20(3,5-2)24-17-11-10-16(13-22)19(23)18(17)15-8-6-14(12-21)7-9-15/h6-11,13,22-23H,4-5H2,1-3H3. The molecule has 0 unspecified atom stereocenters. The third kappa shape index (κ3) is 3.85. The highest BCUT2D eigenvalue weighted by Gasteiger charge is 2.24. The van der Waals surface area contributed by atoms with Gasteiger partial charge in [0.15, 0.2) is 0 Å². The van der Waals surface area contributed by atoms with Crippen LogP contribution in [-0.2, 0) is 0 Å². The lowest BCUT2D eigenvalue weighted by atomic mass is 10.0. The first-order valence-corrected chi connectivity index (χ1v) is 9.30. The average Bonchev–Trinajstić information content (AvgIpc) is 2.62. The van der Waals surface area contributed by atoms with E-state index in [0.29, 0.717) is 5.56 Å². The minimum absolute atomic E-state index is 0.160. The van der Waals surface area contributed by atoms with Crippen LogP contribution in [0.2, 0.25) is 0 Å². The maximum absolute atomic E-state index is 9.01. The fraction of sp³-hybridized carbons (Fsp3) is 0.300. The van der Waals surface area contributed by atoms with Gasteiger partial charge in [0.25, 0.3) is 0 Å². The largest absolute Gasteiger partial charge is 0.308 e. The number of benzene rings is 2. The molecule has 2 nitrogen and oxygen atoms in total. The Labute approximate surface area is 154 Å². The van der Waals surface area contributed by atoms with Crippen LogP contribution in [0.4, 0.5) is 0 Å². The molecule has 0 heterocycles. The van der Waals surface area contributed by atoms with E-state index in [1.165, 1.54) is 11.1 Å². The zero-order valence-corrected chi connectivity index (χ0v) is 16.0. The van der Waals surface area contributed by atoms with Crippen molar-refractivity contribution >= 4 is 30.6 Å². The number of hydrogen-bond acceptors (Lipinski definition) is 4. The molecule has 1 N–H and O–H groups in total. The Morgan fingerprint density at radius 3 is 2.29 bits per heavy atom. The number of thioether (sulfide) groups is 1. The number of thiol groups is 1. The Bertz CT molecular complexity index is 769. The molecule has 2 aromatic carbocycles. The summed E-state index contributed by atoms with van der Waals surface area (Å²) in [5.74, 6) is 0. The summed E-state index contributed by atoms with van der Waals surface area (Å²) in [6.45, 7) is 6.71. The van der Waals surface area contributed by atoms with Gasteiger partial charge in [0, 0.05) is 31.9 Å². The van der Waals surface area contributed by atoms with Crippen molar-refractivity contribution in [1.29, 1.82) is 10.7 Å². The molecule has 0 saturated carbocycles. The third-order valence-corrected chi connectivity index (χ3v) is 6.59. The lowest BCUT2D eigenvalue weighted by Gasteiger charge is -2.28. The number of nitrogens with zero attached hydrogens (tertiary/aromatic N) is 1. The van der Waals surface area contributed by atoms with E-state index in [9.17, 15) is 0 Å². The Hall–Kier alpha value is -1.70. The first-order chi connectivity index (χ1) is 11.5. The lowest BCUT2D eigenvalue weighted by molar-refractivity contribution is 0.600. The van der Waals surface area contributed by atoms with Gasteiger partial charge in [-0.3, -0.25) is 0 Å². The van der Waals surface area contributed by atoms with Crippen molar-refractivity contribution in [3.8, 4) is 17.2 Å². The topological polar surface area (TPSA) is 47.6 Å². The van der Waals surface area contributed by atoms with E-state index in [1.54, 1.807) is 0 Å². The van der Waals surface area contributed by atoms with Gasteiger partial charge in [0.2, 0.25) is 0 Å². The molecule has 0 aliphatic rings. The molecule has 24 heavy (non-hydrogen) atoms. The van der Waals surface area contributed by atoms with Crippen LogP contribution in [0.15, 0.2) is 46.2 Å². The molecule has 0 aliphatic carbocycles. The lowest BCUT2D eigenvalue weighted by Crippen LogP contribution is -2.17. The van der Waals surface area contributed by atoms with Gasteiger partial charge in [-0.05, 0) is 36.6 Å². The van der Waals surface area contributed by atoms with Gasteiger partial charge >= 0.3 is 0 Å². The summed E-state index contributed by atoms with van der Waals surface area (Å²) >= 11 is 6.57. The molecule has 2 rings (SSSR count). The second kappa shape index (κ2) is 7.92. The van der Waals surface area contributed by atoms with E-state index in [-0.39, 0.29) is 4.75 Å². The Morgan fingerprint density at radius 2 is 1.79 bits per heavy atom. The van der Waals surface area contributed by atoms with Gasteiger partial charge in [-0.2, -0.15) is 5.26 Å². The van der Waals surface area contributed by atoms with E-state index < -0.39 is 0 Å². The van der Waals surface area contributed by atoms with Gasteiger partial charge in [-0.1, -0.05) is 39.0 Å². The molecule has 0 fully saturated rings. The summed E-state index contributed by atoms with van der Waals surface area (Å²) in [5.41, 5.74) is 3.52. The highest BCUT2D eigenvalue weighted by atomic mass is 32.2. The molecule has 0 radical (unpaired) electrons. The summed E-state index contributed by atoms with van der Waals surface area (Å²) in [5, 5.41) is 16.6. The van der Waals surface area contributed by atoms with E-state index in [2.05, 4.69) is 32.9 Å². The quantitative estimate of drug-likeness (QED) is 0.369. The van der Waals surface area contributed by atoms with Crippen molar-refractivity contribution in [2.24, 2.45) is 0 Å². The van der Waals surface area contributed by atoms with Crippen LogP contribution < -0.4 is 0 Å². The van der Waals surface area contributed by atoms with Gasteiger partial charge in [-0.15, -0.1) is 24.4 Å². The van der Waals surface area contributed by atoms with Crippen molar-refractivity contribution in [2.45, 2.75) is 48.2 Å². The summed E-state index contributed by atoms with van der Waals surface area (Å²) < 4.78 is 0.160. The Kier molecular flexibility index (Phi) is 6.15. The first-order valence-electron chi connectivity index (χ1n) is 8.04. The first kappa shape index (κ1) is 18.6. The average molecular weight is 355 g/mol. The molecule has 124 valence electrons. The molecule has 0 aliphatic heterocycles. The van der Waals surface area contributed by atoms with Gasteiger partial charge in [0.1, 0.15) is 0 Å². The van der Waals surface area contributed by atoms with Crippen LogP contribution >= 0.6 is 24.4 Å². The highest BCUT2D eigenvalue weighted by molar-refractivity contribution is 8.00. The summed E-state index contributed by atoms with van der Waals surface area (Å²) in [4.78, 5) is 1.98. The van der Waals surface area contributed by atoms with E-state index in [4.69, 9.17) is 23.3 Å². The second-order valence-corrected chi connectivity index (χ2v) is 8.05. The molecular weight excluding hydrogens is 332 g/mol. The molecule has 2 aromatic rings. The van der Waals surface area contributed by atoms with E-state index in [1.807, 2.05) is 42.1 Å². The number of rotatable bonds is 6. The number of hydrogen-bond donors (Lipinski definition) is 2. The van der Waals surface area contributed by atoms with Crippen molar-refractivity contribution in [3.63, 3.8) is 0 Å². The predicted octanol–water partition coefficient (Wildman–Crippen LogP) is 6.18. The summed E-state index contributed by atoms with van der Waals surface area (Å²) in [7, 11) is 0. The van der Waals surface area contributed by atoms with Crippen LogP contribution in [0.1, 0.15) is 44.7 Å². The zero-order chi connectivity index (χ0) is 17.7. The smallest absolute Gasteiger partial charge is 0.0991 e. The fourth-order valence-electron chi connectivity index (χ4n) is 2.44. The fourth-order valence-corrected chi connectivity index (χ4v) is 4.18. The molecule has 0 aromatic heterocycles. The maximum Gasteiger partial charge on any atom is 0.0991 e. The molecule has 0 amide bonds. The number of nitrogens with one attached hydrogen (secondary N) is 1. The van der Waals surface area contributed by atoms with E-state index in [0.717, 1.165) is 34.4 Å². The van der Waals surface area contributed by atoms with Crippen LogP contribution in [0, 0.1) is 16.7 Å². The van der Waals surface area contributed by atoms with Gasteiger partial charge in [0.05, 0.1) is 11.6 Å². The van der Waals surface area contributed by atoms with Crippen LogP contribution in [0.3, 0.4) is 0 Å². The molecule has 0 atom stereocenters. The van der Waals surface area contributed by atoms with Gasteiger partial charge in [-0.25, -0.2) is 0 Å². The Balaban J connectivity index is 2.61. The highest BCUT2D eigenvalue weighted by Crippen LogP contribution is 2.45. The SMILES string of the molecule is CCC(C)(CC)Sc1ccc(C=N)c(S)c1-c1ccc(C#N)cc1.